The van der Waals surface area contributed by atoms with Crippen LogP contribution in [0.25, 0.3) is 0 Å². The van der Waals surface area contributed by atoms with E-state index < -0.39 is 0 Å². The number of hydrogen-bond donors (Lipinski definition) is 1. The van der Waals surface area contributed by atoms with E-state index in [1.165, 1.54) is 0 Å². The third kappa shape index (κ3) is 7.63. The van der Waals surface area contributed by atoms with Crippen molar-refractivity contribution in [1.29, 1.82) is 0 Å². The second-order valence-corrected chi connectivity index (χ2v) is 8.12. The molecule has 7 nitrogen and oxygen atoms in total. The van der Waals surface area contributed by atoms with Crippen LogP contribution in [0.15, 0.2) is 54.6 Å². The molecular formula is C26H32N2O5. The number of para-hydroxylation sites is 1. The van der Waals surface area contributed by atoms with E-state index in [1.54, 1.807) is 29.2 Å². The summed E-state index contributed by atoms with van der Waals surface area (Å²) in [6.45, 7) is 3.91. The number of nitrogens with one attached hydrogen (secondary N) is 1. The van der Waals surface area contributed by atoms with Gasteiger partial charge in [-0.3, -0.25) is 9.59 Å². The highest BCUT2D eigenvalue weighted by Crippen LogP contribution is 2.21. The monoisotopic (exact) mass is 452 g/mol. The molecule has 0 radical (unpaired) electrons. The number of amides is 2. The van der Waals surface area contributed by atoms with Crippen molar-refractivity contribution >= 4 is 23.5 Å². The Kier molecular flexibility index (Phi) is 9.30. The van der Waals surface area contributed by atoms with Crippen LogP contribution < -0.4 is 10.1 Å². The summed E-state index contributed by atoms with van der Waals surface area (Å²) < 4.78 is 10.8. The van der Waals surface area contributed by atoms with E-state index >= 15 is 0 Å². The van der Waals surface area contributed by atoms with Gasteiger partial charge in [-0.25, -0.2) is 4.79 Å². The molecule has 1 fully saturated rings. The van der Waals surface area contributed by atoms with Gasteiger partial charge in [0.1, 0.15) is 5.75 Å². The Bertz CT molecular complexity index is 906. The molecule has 33 heavy (non-hydrogen) atoms. The van der Waals surface area contributed by atoms with Crippen LogP contribution in [-0.2, 0) is 14.3 Å². The van der Waals surface area contributed by atoms with Crippen molar-refractivity contribution < 1.29 is 23.9 Å². The Hall–Kier alpha value is -3.35. The Morgan fingerprint density at radius 1 is 0.970 bits per heavy atom. The van der Waals surface area contributed by atoms with E-state index in [1.807, 2.05) is 37.3 Å². The molecule has 1 heterocycles. The molecule has 2 aromatic rings. The fourth-order valence-electron chi connectivity index (χ4n) is 3.65. The van der Waals surface area contributed by atoms with Gasteiger partial charge in [-0.1, -0.05) is 31.5 Å². The number of piperidine rings is 1. The van der Waals surface area contributed by atoms with E-state index in [0.717, 1.165) is 18.6 Å². The van der Waals surface area contributed by atoms with Crippen molar-refractivity contribution in [3.05, 3.63) is 60.2 Å². The van der Waals surface area contributed by atoms with E-state index in [4.69, 9.17) is 9.47 Å². The molecule has 1 aliphatic heterocycles. The summed E-state index contributed by atoms with van der Waals surface area (Å²) in [4.78, 5) is 38.9. The average molecular weight is 453 g/mol. The third-order valence-corrected chi connectivity index (χ3v) is 5.67. The third-order valence-electron chi connectivity index (χ3n) is 5.67. The number of benzene rings is 2. The number of nitrogens with zero attached hydrogens (tertiary/aromatic N) is 1. The minimum absolute atomic E-state index is 0.0474. The Labute approximate surface area is 195 Å². The molecule has 0 aromatic heterocycles. The van der Waals surface area contributed by atoms with Crippen molar-refractivity contribution in [2.75, 3.05) is 31.6 Å². The number of carbonyl (C=O) groups is 3. The normalized spacial score (nSPS) is 13.9. The van der Waals surface area contributed by atoms with Gasteiger partial charge in [-0.15, -0.1) is 0 Å². The van der Waals surface area contributed by atoms with Gasteiger partial charge in [-0.05, 0) is 55.7 Å². The summed E-state index contributed by atoms with van der Waals surface area (Å²) in [5.74, 6) is 0.238. The molecule has 0 aliphatic carbocycles. The second kappa shape index (κ2) is 12.6. The van der Waals surface area contributed by atoms with Crippen molar-refractivity contribution in [3.8, 4) is 5.75 Å². The molecule has 0 atom stereocenters. The lowest BCUT2D eigenvalue weighted by atomic mass is 9.95. The highest BCUT2D eigenvalue weighted by atomic mass is 16.5. The van der Waals surface area contributed by atoms with Crippen LogP contribution >= 0.6 is 0 Å². The molecule has 0 unspecified atom stereocenters. The van der Waals surface area contributed by atoms with Gasteiger partial charge in [0.05, 0.1) is 25.2 Å². The Morgan fingerprint density at radius 3 is 2.33 bits per heavy atom. The largest absolute Gasteiger partial charge is 0.493 e. The molecule has 0 spiro atoms. The molecule has 3 rings (SSSR count). The van der Waals surface area contributed by atoms with Crippen LogP contribution in [0, 0.1) is 5.92 Å². The summed E-state index contributed by atoms with van der Waals surface area (Å²) in [5.41, 5.74) is 1.11. The molecule has 1 N–H and O–H groups in total. The first-order chi connectivity index (χ1) is 16.1. The van der Waals surface area contributed by atoms with Gasteiger partial charge in [0.25, 0.3) is 0 Å². The maximum absolute atomic E-state index is 12.6. The van der Waals surface area contributed by atoms with Crippen LogP contribution in [0.3, 0.4) is 0 Å². The number of hydrogen-bond acceptors (Lipinski definition) is 5. The molecule has 1 saturated heterocycles. The van der Waals surface area contributed by atoms with E-state index in [0.29, 0.717) is 56.8 Å². The Balaban J connectivity index is 1.38. The standard InChI is InChI=1S/C26H32N2O5/c1-2-3-18-33-26(31)21-9-11-22(12-10-21)27-25(30)20-13-16-28(17-14-20)24(29)15-19-32-23-7-5-4-6-8-23/h4-12,20H,2-3,13-19H2,1H3,(H,27,30). The van der Waals surface area contributed by atoms with Crippen LogP contribution in [0.1, 0.15) is 49.4 Å². The molecule has 2 aromatic carbocycles. The minimum Gasteiger partial charge on any atom is -0.493 e. The first kappa shape index (κ1) is 24.3. The fourth-order valence-corrected chi connectivity index (χ4v) is 3.65. The van der Waals surface area contributed by atoms with E-state index in [9.17, 15) is 14.4 Å². The van der Waals surface area contributed by atoms with Gasteiger partial charge >= 0.3 is 5.97 Å². The van der Waals surface area contributed by atoms with Crippen LogP contribution in [0.4, 0.5) is 5.69 Å². The number of rotatable bonds is 10. The zero-order valence-electron chi connectivity index (χ0n) is 19.1. The zero-order chi connectivity index (χ0) is 23.5. The average Bonchev–Trinajstić information content (AvgIpc) is 2.85. The lowest BCUT2D eigenvalue weighted by Crippen LogP contribution is -2.41. The fraction of sp³-hybridized carbons (Fsp3) is 0.423. The van der Waals surface area contributed by atoms with Gasteiger partial charge in [-0.2, -0.15) is 0 Å². The summed E-state index contributed by atoms with van der Waals surface area (Å²) in [5, 5.41) is 2.91. The van der Waals surface area contributed by atoms with Crippen molar-refractivity contribution in [2.45, 2.75) is 39.0 Å². The number of likely N-dealkylation sites (tertiary alicyclic amines) is 1. The summed E-state index contributed by atoms with van der Waals surface area (Å²) in [6.07, 6.45) is 3.37. The highest BCUT2D eigenvalue weighted by Gasteiger charge is 2.27. The molecule has 7 heteroatoms. The molecule has 0 bridgehead atoms. The van der Waals surface area contributed by atoms with Crippen LogP contribution in [-0.4, -0.2) is 49.0 Å². The van der Waals surface area contributed by atoms with Crippen molar-refractivity contribution in [1.82, 2.24) is 4.90 Å². The summed E-state index contributed by atoms with van der Waals surface area (Å²) in [6, 6.07) is 16.2. The first-order valence-corrected chi connectivity index (χ1v) is 11.6. The van der Waals surface area contributed by atoms with Gasteiger partial charge < -0.3 is 19.7 Å². The number of carbonyl (C=O) groups excluding carboxylic acids is 3. The predicted octanol–water partition coefficient (Wildman–Crippen LogP) is 4.29. The number of anilines is 1. The molecule has 176 valence electrons. The van der Waals surface area contributed by atoms with E-state index in [2.05, 4.69) is 5.32 Å². The second-order valence-electron chi connectivity index (χ2n) is 8.12. The SMILES string of the molecule is CCCCOC(=O)c1ccc(NC(=O)C2CCN(C(=O)CCOc3ccccc3)CC2)cc1. The minimum atomic E-state index is -0.354. The topological polar surface area (TPSA) is 84.9 Å². The lowest BCUT2D eigenvalue weighted by Gasteiger charge is -2.31. The highest BCUT2D eigenvalue weighted by molar-refractivity contribution is 5.94. The summed E-state index contributed by atoms with van der Waals surface area (Å²) >= 11 is 0. The Morgan fingerprint density at radius 2 is 1.67 bits per heavy atom. The van der Waals surface area contributed by atoms with Gasteiger partial charge in [0.2, 0.25) is 11.8 Å². The maximum Gasteiger partial charge on any atom is 0.338 e. The zero-order valence-corrected chi connectivity index (χ0v) is 19.1. The molecular weight excluding hydrogens is 420 g/mol. The molecule has 2 amide bonds. The molecule has 0 saturated carbocycles. The number of esters is 1. The van der Waals surface area contributed by atoms with Crippen molar-refractivity contribution in [3.63, 3.8) is 0 Å². The smallest absolute Gasteiger partial charge is 0.338 e. The maximum atomic E-state index is 12.6. The van der Waals surface area contributed by atoms with Gasteiger partial charge in [0, 0.05) is 24.7 Å². The quantitative estimate of drug-likeness (QED) is 0.429. The van der Waals surface area contributed by atoms with Crippen LogP contribution in [0.5, 0.6) is 5.75 Å². The molecule has 1 aliphatic rings. The van der Waals surface area contributed by atoms with Crippen molar-refractivity contribution in [2.24, 2.45) is 5.92 Å². The van der Waals surface area contributed by atoms with E-state index in [-0.39, 0.29) is 23.7 Å². The summed E-state index contributed by atoms with van der Waals surface area (Å²) in [7, 11) is 0. The lowest BCUT2D eigenvalue weighted by molar-refractivity contribution is -0.135. The van der Waals surface area contributed by atoms with Gasteiger partial charge in [0.15, 0.2) is 0 Å². The van der Waals surface area contributed by atoms with Crippen LogP contribution in [0.2, 0.25) is 0 Å². The predicted molar refractivity (Wildman–Crippen MR) is 126 cm³/mol. The number of ether oxygens (including phenoxy) is 2. The first-order valence-electron chi connectivity index (χ1n) is 11.6. The number of unbranched alkanes of at least 4 members (excludes halogenated alkanes) is 1.